The predicted molar refractivity (Wildman–Crippen MR) is 63.3 cm³/mol. The van der Waals surface area contributed by atoms with E-state index in [1.807, 2.05) is 6.92 Å². The minimum absolute atomic E-state index is 0.151. The first-order chi connectivity index (χ1) is 7.86. The maximum atomic E-state index is 11.1. The number of rotatable bonds is 5. The molecule has 0 saturated heterocycles. The fourth-order valence-corrected chi connectivity index (χ4v) is 1.79. The van der Waals surface area contributed by atoms with Gasteiger partial charge in [0.05, 0.1) is 9.82 Å². The Kier molecular flexibility index (Phi) is 4.02. The standard InChI is InChI=1S/C9H13N3O4S/c1-2-5-11-8-6-7(17(10,15)16)3-4-9(8)12(13)14/h3-4,6,11H,2,5H2,1H3,(H2,10,15,16). The van der Waals surface area contributed by atoms with Gasteiger partial charge in [0.15, 0.2) is 0 Å². The highest BCUT2D eigenvalue weighted by Gasteiger charge is 2.17. The highest BCUT2D eigenvalue weighted by Crippen LogP contribution is 2.26. The third-order valence-corrected chi connectivity index (χ3v) is 2.97. The number of benzene rings is 1. The second-order valence-corrected chi connectivity index (χ2v) is 4.97. The van der Waals surface area contributed by atoms with Crippen LogP contribution < -0.4 is 10.5 Å². The highest BCUT2D eigenvalue weighted by molar-refractivity contribution is 7.89. The molecule has 1 aromatic carbocycles. The first-order valence-electron chi connectivity index (χ1n) is 4.91. The summed E-state index contributed by atoms with van der Waals surface area (Å²) in [4.78, 5) is 10.0. The van der Waals surface area contributed by atoms with Crippen LogP contribution in [0.5, 0.6) is 0 Å². The van der Waals surface area contributed by atoms with Gasteiger partial charge < -0.3 is 5.32 Å². The molecule has 0 fully saturated rings. The summed E-state index contributed by atoms with van der Waals surface area (Å²) in [7, 11) is -3.86. The lowest BCUT2D eigenvalue weighted by atomic mass is 10.2. The molecule has 7 nitrogen and oxygen atoms in total. The van der Waals surface area contributed by atoms with Crippen molar-refractivity contribution in [1.82, 2.24) is 0 Å². The van der Waals surface area contributed by atoms with Crippen molar-refractivity contribution in [3.63, 3.8) is 0 Å². The normalized spacial score (nSPS) is 11.2. The van der Waals surface area contributed by atoms with Crippen molar-refractivity contribution in [3.05, 3.63) is 28.3 Å². The summed E-state index contributed by atoms with van der Waals surface area (Å²) in [5.74, 6) is 0. The van der Waals surface area contributed by atoms with Crippen LogP contribution in [0.1, 0.15) is 13.3 Å². The zero-order valence-corrected chi connectivity index (χ0v) is 10.0. The molecule has 94 valence electrons. The summed E-state index contributed by atoms with van der Waals surface area (Å²) in [6.45, 7) is 2.40. The van der Waals surface area contributed by atoms with Gasteiger partial charge in [-0.25, -0.2) is 13.6 Å². The van der Waals surface area contributed by atoms with Crippen LogP contribution >= 0.6 is 0 Å². The molecule has 0 amide bonds. The van der Waals surface area contributed by atoms with Crippen molar-refractivity contribution < 1.29 is 13.3 Å². The maximum Gasteiger partial charge on any atom is 0.292 e. The monoisotopic (exact) mass is 259 g/mol. The number of nitrogens with two attached hydrogens (primary N) is 1. The van der Waals surface area contributed by atoms with E-state index in [9.17, 15) is 18.5 Å². The van der Waals surface area contributed by atoms with Gasteiger partial charge in [-0.05, 0) is 18.6 Å². The zero-order chi connectivity index (χ0) is 13.1. The van der Waals surface area contributed by atoms with Gasteiger partial charge in [0.25, 0.3) is 5.69 Å². The number of primary sulfonamides is 1. The van der Waals surface area contributed by atoms with Gasteiger partial charge in [0.1, 0.15) is 5.69 Å². The van der Waals surface area contributed by atoms with E-state index in [1.54, 1.807) is 0 Å². The molecule has 8 heteroatoms. The summed E-state index contributed by atoms with van der Waals surface area (Å²) in [6.07, 6.45) is 0.761. The molecule has 0 spiro atoms. The second kappa shape index (κ2) is 5.11. The fraction of sp³-hybridized carbons (Fsp3) is 0.333. The molecular formula is C9H13N3O4S. The van der Waals surface area contributed by atoms with Gasteiger partial charge in [-0.3, -0.25) is 10.1 Å². The molecule has 0 aliphatic rings. The Morgan fingerprint density at radius 2 is 2.12 bits per heavy atom. The molecular weight excluding hydrogens is 246 g/mol. The first-order valence-corrected chi connectivity index (χ1v) is 6.46. The number of nitrogens with one attached hydrogen (secondary N) is 1. The van der Waals surface area contributed by atoms with E-state index < -0.39 is 14.9 Å². The van der Waals surface area contributed by atoms with Crippen LogP contribution in [0.3, 0.4) is 0 Å². The molecule has 0 unspecified atom stereocenters. The molecule has 0 aliphatic heterocycles. The SMILES string of the molecule is CCCNc1cc(S(N)(=O)=O)ccc1[N+](=O)[O-]. The Morgan fingerprint density at radius 1 is 1.47 bits per heavy atom. The minimum atomic E-state index is -3.86. The molecule has 0 bridgehead atoms. The molecule has 3 N–H and O–H groups in total. The van der Waals surface area contributed by atoms with Crippen molar-refractivity contribution in [2.75, 3.05) is 11.9 Å². The summed E-state index contributed by atoms with van der Waals surface area (Å²) < 4.78 is 22.2. The smallest absolute Gasteiger partial charge is 0.292 e. The lowest BCUT2D eigenvalue weighted by Gasteiger charge is -2.07. The van der Waals surface area contributed by atoms with Crippen molar-refractivity contribution in [1.29, 1.82) is 0 Å². The Morgan fingerprint density at radius 3 is 2.59 bits per heavy atom. The summed E-state index contributed by atoms with van der Waals surface area (Å²) >= 11 is 0. The molecule has 0 atom stereocenters. The van der Waals surface area contributed by atoms with Crippen molar-refractivity contribution in [2.24, 2.45) is 5.14 Å². The van der Waals surface area contributed by atoms with Crippen molar-refractivity contribution in [3.8, 4) is 0 Å². The van der Waals surface area contributed by atoms with E-state index in [0.717, 1.165) is 18.6 Å². The van der Waals surface area contributed by atoms with Gasteiger partial charge in [0.2, 0.25) is 10.0 Å². The number of hydrogen-bond donors (Lipinski definition) is 2. The van der Waals surface area contributed by atoms with Gasteiger partial charge >= 0.3 is 0 Å². The van der Waals surface area contributed by atoms with Crippen LogP contribution in [0.4, 0.5) is 11.4 Å². The average Bonchev–Trinajstić information content (AvgIpc) is 2.24. The topological polar surface area (TPSA) is 115 Å². The van der Waals surface area contributed by atoms with E-state index >= 15 is 0 Å². The third-order valence-electron chi connectivity index (χ3n) is 2.06. The number of nitro groups is 1. The minimum Gasteiger partial charge on any atom is -0.379 e. The number of hydrogen-bond acceptors (Lipinski definition) is 5. The number of anilines is 1. The number of sulfonamides is 1. The van der Waals surface area contributed by atoms with Gasteiger partial charge in [0, 0.05) is 12.6 Å². The van der Waals surface area contributed by atoms with E-state index in [0.29, 0.717) is 6.54 Å². The molecule has 1 rings (SSSR count). The highest BCUT2D eigenvalue weighted by atomic mass is 32.2. The van der Waals surface area contributed by atoms with E-state index in [1.165, 1.54) is 6.07 Å². The van der Waals surface area contributed by atoms with Gasteiger partial charge in [-0.15, -0.1) is 0 Å². The van der Waals surface area contributed by atoms with Crippen LogP contribution in [0.15, 0.2) is 23.1 Å². The largest absolute Gasteiger partial charge is 0.379 e. The van der Waals surface area contributed by atoms with Crippen LogP contribution in [-0.4, -0.2) is 19.9 Å². The zero-order valence-electron chi connectivity index (χ0n) is 9.21. The van der Waals surface area contributed by atoms with Crippen molar-refractivity contribution in [2.45, 2.75) is 18.2 Å². The Hall–Kier alpha value is -1.67. The second-order valence-electron chi connectivity index (χ2n) is 3.41. The summed E-state index contributed by atoms with van der Waals surface area (Å²) in [5.41, 5.74) is -0.0192. The molecule has 0 aliphatic carbocycles. The van der Waals surface area contributed by atoms with Crippen LogP contribution in [0, 0.1) is 10.1 Å². The van der Waals surface area contributed by atoms with E-state index in [-0.39, 0.29) is 16.3 Å². The van der Waals surface area contributed by atoms with Gasteiger partial charge in [-0.2, -0.15) is 0 Å². The quantitative estimate of drug-likeness (QED) is 0.606. The number of nitro benzene ring substituents is 1. The van der Waals surface area contributed by atoms with Crippen LogP contribution in [0.25, 0.3) is 0 Å². The fourth-order valence-electron chi connectivity index (χ4n) is 1.25. The van der Waals surface area contributed by atoms with Crippen LogP contribution in [-0.2, 0) is 10.0 Å². The molecule has 0 saturated carbocycles. The third kappa shape index (κ3) is 3.40. The molecule has 1 aromatic rings. The Labute approximate surface area is 98.8 Å². The van der Waals surface area contributed by atoms with Crippen LogP contribution in [0.2, 0.25) is 0 Å². The van der Waals surface area contributed by atoms with E-state index in [4.69, 9.17) is 5.14 Å². The van der Waals surface area contributed by atoms with E-state index in [2.05, 4.69) is 5.32 Å². The Balaban J connectivity index is 3.24. The summed E-state index contributed by atoms with van der Waals surface area (Å²) in [5, 5.41) is 18.5. The molecule has 0 heterocycles. The summed E-state index contributed by atoms with van der Waals surface area (Å²) in [6, 6.07) is 3.41. The Bertz CT molecular complexity index is 527. The first kappa shape index (κ1) is 13.4. The molecule has 17 heavy (non-hydrogen) atoms. The van der Waals surface area contributed by atoms with Crippen molar-refractivity contribution >= 4 is 21.4 Å². The number of nitrogens with zero attached hydrogens (tertiary/aromatic N) is 1. The van der Waals surface area contributed by atoms with Gasteiger partial charge in [-0.1, -0.05) is 6.92 Å². The average molecular weight is 259 g/mol. The predicted octanol–water partition coefficient (Wildman–Crippen LogP) is 1.06. The molecule has 0 aromatic heterocycles. The lowest BCUT2D eigenvalue weighted by Crippen LogP contribution is -2.13. The molecule has 0 radical (unpaired) electrons. The lowest BCUT2D eigenvalue weighted by molar-refractivity contribution is -0.384. The maximum absolute atomic E-state index is 11.1.